The minimum atomic E-state index is -3.38. The van der Waals surface area contributed by atoms with Gasteiger partial charge in [0.15, 0.2) is 17.4 Å². The van der Waals surface area contributed by atoms with Gasteiger partial charge in [0, 0.05) is 36.7 Å². The number of rotatable bonds is 7. The molecule has 2 aliphatic heterocycles. The number of anilines is 1. The molecule has 1 saturated heterocycles. The lowest BCUT2D eigenvalue weighted by atomic mass is 10.00. The Morgan fingerprint density at radius 3 is 2.56 bits per heavy atom. The topological polar surface area (TPSA) is 75.6 Å². The third-order valence-corrected chi connectivity index (χ3v) is 9.64. The molecule has 1 aromatic heterocycles. The van der Waals surface area contributed by atoms with E-state index in [1.54, 1.807) is 18.2 Å². The highest BCUT2D eigenvalue weighted by Gasteiger charge is 2.36. The lowest BCUT2D eigenvalue weighted by Gasteiger charge is -2.44. The monoisotopic (exact) mass is 588 g/mol. The lowest BCUT2D eigenvalue weighted by molar-refractivity contribution is 0.0960. The Morgan fingerprint density at radius 2 is 1.85 bits per heavy atom. The molecule has 0 aliphatic carbocycles. The second-order valence-electron chi connectivity index (χ2n) is 11.5. The van der Waals surface area contributed by atoms with Crippen molar-refractivity contribution in [1.82, 2.24) is 14.3 Å². The van der Waals surface area contributed by atoms with Gasteiger partial charge in [-0.3, -0.25) is 0 Å². The van der Waals surface area contributed by atoms with Crippen molar-refractivity contribution in [2.45, 2.75) is 71.6 Å². The van der Waals surface area contributed by atoms with Crippen LogP contribution in [0.2, 0.25) is 0 Å². The van der Waals surface area contributed by atoms with Crippen LogP contribution in [0.25, 0.3) is 11.3 Å². The Labute approximate surface area is 239 Å². The van der Waals surface area contributed by atoms with E-state index in [1.807, 2.05) is 20.8 Å². The fourth-order valence-corrected chi connectivity index (χ4v) is 6.93. The molecule has 220 valence electrons. The van der Waals surface area contributed by atoms with E-state index in [4.69, 9.17) is 4.74 Å². The molecule has 0 radical (unpaired) electrons. The molecule has 2 aromatic carbocycles. The van der Waals surface area contributed by atoms with Crippen LogP contribution in [0, 0.1) is 17.5 Å². The molecule has 3 aromatic rings. The summed E-state index contributed by atoms with van der Waals surface area (Å²) in [5.74, 6) is -1.40. The summed E-state index contributed by atoms with van der Waals surface area (Å²) in [6.45, 7) is 8.80. The molecule has 1 atom stereocenters. The van der Waals surface area contributed by atoms with Crippen molar-refractivity contribution in [3.05, 3.63) is 70.9 Å². The molecule has 0 amide bonds. The maximum absolute atomic E-state index is 15.4. The smallest absolute Gasteiger partial charge is 0.214 e. The number of hydrogen-bond donors (Lipinski definition) is 0. The van der Waals surface area contributed by atoms with Gasteiger partial charge in [0.1, 0.15) is 22.9 Å². The van der Waals surface area contributed by atoms with Crippen LogP contribution in [-0.2, 0) is 23.0 Å². The van der Waals surface area contributed by atoms with Gasteiger partial charge < -0.3 is 9.64 Å². The molecule has 0 saturated carbocycles. The van der Waals surface area contributed by atoms with Crippen LogP contribution < -0.4 is 9.64 Å². The number of hydrogen-bond acceptors (Lipinski definition) is 6. The summed E-state index contributed by atoms with van der Waals surface area (Å²) in [6.07, 6.45) is 3.33. The zero-order chi connectivity index (χ0) is 29.5. The van der Waals surface area contributed by atoms with Crippen molar-refractivity contribution in [1.29, 1.82) is 0 Å². The highest BCUT2D eigenvalue weighted by Crippen LogP contribution is 2.43. The molecular weight excluding hydrogens is 553 g/mol. The van der Waals surface area contributed by atoms with Gasteiger partial charge in [-0.25, -0.2) is 31.6 Å². The van der Waals surface area contributed by atoms with Gasteiger partial charge in [0.2, 0.25) is 10.0 Å². The van der Waals surface area contributed by atoms with Crippen molar-refractivity contribution in [2.24, 2.45) is 0 Å². The zero-order valence-corrected chi connectivity index (χ0v) is 24.6. The highest BCUT2D eigenvalue weighted by atomic mass is 32.2. The van der Waals surface area contributed by atoms with Gasteiger partial charge >= 0.3 is 0 Å². The molecule has 7 nitrogen and oxygen atoms in total. The number of aromatic nitrogens is 2. The van der Waals surface area contributed by atoms with E-state index < -0.39 is 33.1 Å². The van der Waals surface area contributed by atoms with E-state index >= 15 is 4.39 Å². The Morgan fingerprint density at radius 1 is 1.07 bits per heavy atom. The van der Waals surface area contributed by atoms with Gasteiger partial charge in [-0.2, -0.15) is 4.31 Å². The van der Waals surface area contributed by atoms with Crippen molar-refractivity contribution < 1.29 is 26.3 Å². The van der Waals surface area contributed by atoms with Crippen molar-refractivity contribution in [3.8, 4) is 17.0 Å². The number of benzene rings is 2. The molecule has 2 aliphatic rings. The summed E-state index contributed by atoms with van der Waals surface area (Å²) in [5.41, 5.74) is 0.961. The van der Waals surface area contributed by atoms with E-state index in [0.717, 1.165) is 19.0 Å². The molecule has 11 heteroatoms. The number of sulfonamides is 1. The van der Waals surface area contributed by atoms with Crippen LogP contribution in [0.5, 0.6) is 5.75 Å². The first-order valence-electron chi connectivity index (χ1n) is 13.9. The number of fused-ring (bicyclic) bond motifs is 1. The van der Waals surface area contributed by atoms with E-state index in [2.05, 4.69) is 21.8 Å². The SMILES string of the molecule is CCC(C)N1CC(C)(C)Oc2c(F)cc(-c3nc(Cc4ccc(CN5CCCCS5(=O)=O)c(F)c4)ncc3F)cc21. The van der Waals surface area contributed by atoms with E-state index in [0.29, 0.717) is 30.8 Å². The summed E-state index contributed by atoms with van der Waals surface area (Å²) in [4.78, 5) is 10.5. The van der Waals surface area contributed by atoms with Gasteiger partial charge in [0.05, 0.1) is 24.2 Å². The van der Waals surface area contributed by atoms with Crippen LogP contribution in [0.15, 0.2) is 36.5 Å². The van der Waals surface area contributed by atoms with Gasteiger partial charge in [-0.05, 0) is 63.8 Å². The third-order valence-electron chi connectivity index (χ3n) is 7.73. The quantitative estimate of drug-likeness (QED) is 0.345. The predicted octanol–water partition coefficient (Wildman–Crippen LogP) is 5.85. The zero-order valence-electron chi connectivity index (χ0n) is 23.8. The summed E-state index contributed by atoms with van der Waals surface area (Å²) in [7, 11) is -3.38. The summed E-state index contributed by atoms with van der Waals surface area (Å²) >= 11 is 0. The fourth-order valence-electron chi connectivity index (χ4n) is 5.36. The molecule has 0 spiro atoms. The van der Waals surface area contributed by atoms with Crippen molar-refractivity contribution >= 4 is 15.7 Å². The van der Waals surface area contributed by atoms with E-state index in [-0.39, 0.29) is 53.2 Å². The Hall–Kier alpha value is -3.18. The Kier molecular flexibility index (Phi) is 8.04. The first-order valence-corrected chi connectivity index (χ1v) is 15.5. The second kappa shape index (κ2) is 11.2. The minimum absolute atomic E-state index is 0.0237. The molecule has 41 heavy (non-hydrogen) atoms. The van der Waals surface area contributed by atoms with Crippen LogP contribution >= 0.6 is 0 Å². The lowest BCUT2D eigenvalue weighted by Crippen LogP contribution is -2.50. The standard InChI is InChI=1S/C30H35F3N4O3S/c1-5-19(2)37-18-30(3,4)40-29-24(32)14-22(15-26(29)37)28-25(33)16-34-27(35-28)13-20-8-9-21(23(31)12-20)17-36-10-6-7-11-41(36,38)39/h8-9,12,14-16,19H,5-7,10-11,13,17-18H2,1-4H3. The summed E-state index contributed by atoms with van der Waals surface area (Å²) in [5, 5.41) is 0. The minimum Gasteiger partial charge on any atom is -0.481 e. The van der Waals surface area contributed by atoms with E-state index in [9.17, 15) is 17.2 Å². The van der Waals surface area contributed by atoms with Crippen LogP contribution in [0.1, 0.15) is 63.9 Å². The maximum Gasteiger partial charge on any atom is 0.214 e. The normalized spacial score (nSPS) is 19.0. The average Bonchev–Trinajstić information content (AvgIpc) is 2.91. The van der Waals surface area contributed by atoms with Crippen LogP contribution in [-0.4, -0.2) is 53.2 Å². The molecule has 1 unspecified atom stereocenters. The third kappa shape index (κ3) is 6.21. The highest BCUT2D eigenvalue weighted by molar-refractivity contribution is 7.89. The van der Waals surface area contributed by atoms with Crippen molar-refractivity contribution in [3.63, 3.8) is 0 Å². The Balaban J connectivity index is 1.42. The molecular formula is C30H35F3N4O3S. The number of halogens is 3. The summed E-state index contributed by atoms with van der Waals surface area (Å²) < 4.78 is 77.2. The average molecular weight is 589 g/mol. The van der Waals surface area contributed by atoms with E-state index in [1.165, 1.54) is 16.4 Å². The predicted molar refractivity (Wildman–Crippen MR) is 152 cm³/mol. The molecule has 3 heterocycles. The van der Waals surface area contributed by atoms with Crippen LogP contribution in [0.4, 0.5) is 18.9 Å². The first kappa shape index (κ1) is 29.3. The first-order chi connectivity index (χ1) is 19.4. The molecule has 5 rings (SSSR count). The van der Waals surface area contributed by atoms with Gasteiger partial charge in [0.25, 0.3) is 0 Å². The second-order valence-corrected chi connectivity index (χ2v) is 13.6. The summed E-state index contributed by atoms with van der Waals surface area (Å²) in [6, 6.07) is 7.57. The fraction of sp³-hybridized carbons (Fsp3) is 0.467. The molecule has 1 fully saturated rings. The van der Waals surface area contributed by atoms with Crippen LogP contribution in [0.3, 0.4) is 0 Å². The van der Waals surface area contributed by atoms with Gasteiger partial charge in [-0.1, -0.05) is 19.1 Å². The van der Waals surface area contributed by atoms with Gasteiger partial charge in [-0.15, -0.1) is 0 Å². The largest absolute Gasteiger partial charge is 0.481 e. The molecule has 0 N–H and O–H groups in total. The maximum atomic E-state index is 15.4. The number of nitrogens with zero attached hydrogens (tertiary/aromatic N) is 4. The Bertz CT molecular complexity index is 1560. The number of ether oxygens (including phenoxy) is 1. The van der Waals surface area contributed by atoms with Crippen molar-refractivity contribution in [2.75, 3.05) is 23.7 Å². The molecule has 0 bridgehead atoms.